The summed E-state index contributed by atoms with van der Waals surface area (Å²) in [6, 6.07) is 0. The molecule has 0 N–H and O–H groups in total. The SMILES string of the molecule is O=S(=O)([O-])C(F)(F)C(F)(F)CCCC(F)(F)F.[Na+]. The Morgan fingerprint density at radius 2 is 1.28 bits per heavy atom. The van der Waals surface area contributed by atoms with Crippen LogP contribution in [0.3, 0.4) is 0 Å². The van der Waals surface area contributed by atoms with Gasteiger partial charge in [-0.3, -0.25) is 0 Å². The van der Waals surface area contributed by atoms with E-state index in [1.165, 1.54) is 0 Å². The van der Waals surface area contributed by atoms with Gasteiger partial charge < -0.3 is 4.55 Å². The molecule has 18 heavy (non-hydrogen) atoms. The number of halogens is 7. The van der Waals surface area contributed by atoms with Crippen LogP contribution in [-0.4, -0.2) is 30.3 Å². The Hall–Kier alpha value is 0.420. The second kappa shape index (κ2) is 6.25. The van der Waals surface area contributed by atoms with Crippen molar-refractivity contribution in [1.82, 2.24) is 0 Å². The minimum absolute atomic E-state index is 0. The van der Waals surface area contributed by atoms with E-state index in [0.717, 1.165) is 0 Å². The second-order valence-electron chi connectivity index (χ2n) is 3.14. The molecule has 0 aromatic carbocycles. The third kappa shape index (κ3) is 5.59. The Morgan fingerprint density at radius 1 is 0.889 bits per heavy atom. The van der Waals surface area contributed by atoms with E-state index in [1.807, 2.05) is 0 Å². The fourth-order valence-corrected chi connectivity index (χ4v) is 1.31. The van der Waals surface area contributed by atoms with Gasteiger partial charge in [0.25, 0.3) is 0 Å². The van der Waals surface area contributed by atoms with Gasteiger partial charge in [0.1, 0.15) is 0 Å². The minimum Gasteiger partial charge on any atom is -0.743 e. The van der Waals surface area contributed by atoms with E-state index >= 15 is 0 Å². The summed E-state index contributed by atoms with van der Waals surface area (Å²) in [6.45, 7) is 0. The van der Waals surface area contributed by atoms with Gasteiger partial charge in [-0.2, -0.15) is 30.7 Å². The molecular weight excluding hydrogens is 308 g/mol. The van der Waals surface area contributed by atoms with Crippen LogP contribution >= 0.6 is 0 Å². The molecule has 0 aromatic heterocycles. The number of hydrogen-bond donors (Lipinski definition) is 0. The topological polar surface area (TPSA) is 57.2 Å². The fourth-order valence-electron chi connectivity index (χ4n) is 0.839. The summed E-state index contributed by atoms with van der Waals surface area (Å²) in [4.78, 5) is 0. The standard InChI is InChI=1S/C6H7F7O3S.Na/c7-4(8,2-1-3-5(9,10)11)6(12,13)17(14,15)16;/h1-3H2,(H,14,15,16);/q;+1/p-1. The normalized spacial score (nSPS) is 14.2. The molecule has 0 spiro atoms. The molecule has 0 rings (SSSR count). The van der Waals surface area contributed by atoms with Gasteiger partial charge in [0.05, 0.1) is 0 Å². The Morgan fingerprint density at radius 3 is 1.56 bits per heavy atom. The molecule has 0 heterocycles. The third-order valence-electron chi connectivity index (χ3n) is 1.69. The molecule has 0 aliphatic carbocycles. The summed E-state index contributed by atoms with van der Waals surface area (Å²) in [5, 5.41) is -5.93. The Labute approximate surface area is 120 Å². The van der Waals surface area contributed by atoms with Crippen molar-refractivity contribution >= 4 is 10.1 Å². The van der Waals surface area contributed by atoms with Crippen molar-refractivity contribution in [2.24, 2.45) is 0 Å². The average molecular weight is 314 g/mol. The third-order valence-corrected chi connectivity index (χ3v) is 2.62. The zero-order chi connectivity index (χ0) is 14.1. The molecule has 0 aliphatic rings. The van der Waals surface area contributed by atoms with Gasteiger partial charge >= 0.3 is 46.9 Å². The van der Waals surface area contributed by atoms with Crippen molar-refractivity contribution in [1.29, 1.82) is 0 Å². The minimum atomic E-state index is -6.64. The molecule has 3 nitrogen and oxygen atoms in total. The molecule has 12 heteroatoms. The molecule has 0 bridgehead atoms. The van der Waals surface area contributed by atoms with Gasteiger partial charge in [-0.25, -0.2) is 8.42 Å². The van der Waals surface area contributed by atoms with E-state index < -0.39 is 46.7 Å². The van der Waals surface area contributed by atoms with Crippen LogP contribution in [0.5, 0.6) is 0 Å². The molecule has 0 atom stereocenters. The first-order chi connectivity index (χ1) is 7.21. The number of rotatable bonds is 5. The van der Waals surface area contributed by atoms with E-state index in [2.05, 4.69) is 0 Å². The molecule has 0 unspecified atom stereocenters. The monoisotopic (exact) mass is 314 g/mol. The molecule has 0 amide bonds. The van der Waals surface area contributed by atoms with Crippen LogP contribution < -0.4 is 29.6 Å². The van der Waals surface area contributed by atoms with Crippen molar-refractivity contribution in [2.45, 2.75) is 36.6 Å². The summed E-state index contributed by atoms with van der Waals surface area (Å²) in [6.07, 6.45) is -10.1. The first-order valence-electron chi connectivity index (χ1n) is 3.98. The Bertz CT molecular complexity index is 364. The van der Waals surface area contributed by atoms with E-state index in [4.69, 9.17) is 0 Å². The molecule has 0 radical (unpaired) electrons. The van der Waals surface area contributed by atoms with Crippen molar-refractivity contribution < 1.29 is 73.3 Å². The van der Waals surface area contributed by atoms with Crippen molar-refractivity contribution in [3.05, 3.63) is 0 Å². The summed E-state index contributed by atoms with van der Waals surface area (Å²) >= 11 is 0. The maximum atomic E-state index is 12.6. The smallest absolute Gasteiger partial charge is 0.743 e. The van der Waals surface area contributed by atoms with Crippen molar-refractivity contribution in [3.8, 4) is 0 Å². The van der Waals surface area contributed by atoms with Crippen LogP contribution in [-0.2, 0) is 10.1 Å². The van der Waals surface area contributed by atoms with Crippen LogP contribution in [0.25, 0.3) is 0 Å². The first-order valence-corrected chi connectivity index (χ1v) is 5.39. The average Bonchev–Trinajstić information content (AvgIpc) is 1.98. The molecular formula is C6H6F7NaO3S. The number of hydrogen-bond acceptors (Lipinski definition) is 3. The van der Waals surface area contributed by atoms with Crippen LogP contribution in [0.2, 0.25) is 0 Å². The van der Waals surface area contributed by atoms with Crippen LogP contribution in [0, 0.1) is 0 Å². The molecule has 0 aromatic rings. The zero-order valence-electron chi connectivity index (χ0n) is 8.90. The molecule has 0 saturated heterocycles. The Kier molecular flexibility index (Phi) is 7.19. The second-order valence-corrected chi connectivity index (χ2v) is 4.57. The quantitative estimate of drug-likeness (QED) is 0.390. The molecule has 104 valence electrons. The van der Waals surface area contributed by atoms with E-state index in [0.29, 0.717) is 0 Å². The zero-order valence-corrected chi connectivity index (χ0v) is 11.7. The van der Waals surface area contributed by atoms with Gasteiger partial charge in [-0.15, -0.1) is 0 Å². The molecule has 0 aliphatic heterocycles. The van der Waals surface area contributed by atoms with Gasteiger partial charge in [0.15, 0.2) is 10.1 Å². The maximum Gasteiger partial charge on any atom is 1.00 e. The van der Waals surface area contributed by atoms with Crippen LogP contribution in [0.1, 0.15) is 19.3 Å². The predicted octanol–water partition coefficient (Wildman–Crippen LogP) is -0.504. The van der Waals surface area contributed by atoms with E-state index in [-0.39, 0.29) is 29.6 Å². The molecule has 0 fully saturated rings. The Balaban J connectivity index is 0. The van der Waals surface area contributed by atoms with Crippen LogP contribution in [0.15, 0.2) is 0 Å². The van der Waals surface area contributed by atoms with Crippen molar-refractivity contribution in [2.75, 3.05) is 0 Å². The maximum absolute atomic E-state index is 12.6. The summed E-state index contributed by atoms with van der Waals surface area (Å²) in [7, 11) is -6.64. The van der Waals surface area contributed by atoms with E-state index in [1.54, 1.807) is 0 Å². The van der Waals surface area contributed by atoms with Gasteiger partial charge in [-0.05, 0) is 6.42 Å². The van der Waals surface area contributed by atoms with Crippen LogP contribution in [0.4, 0.5) is 30.7 Å². The van der Waals surface area contributed by atoms with Crippen molar-refractivity contribution in [3.63, 3.8) is 0 Å². The number of alkyl halides is 7. The summed E-state index contributed by atoms with van der Waals surface area (Å²) in [5.74, 6) is -5.33. The fraction of sp³-hybridized carbons (Fsp3) is 1.00. The first kappa shape index (κ1) is 20.7. The van der Waals surface area contributed by atoms with Gasteiger partial charge in [0.2, 0.25) is 0 Å². The summed E-state index contributed by atoms with van der Waals surface area (Å²) < 4.78 is 114. The van der Waals surface area contributed by atoms with Gasteiger partial charge in [-0.1, -0.05) is 0 Å². The molecule has 0 saturated carbocycles. The largest absolute Gasteiger partial charge is 1.00 e. The van der Waals surface area contributed by atoms with Gasteiger partial charge in [0, 0.05) is 12.8 Å². The predicted molar refractivity (Wildman–Crippen MR) is 39.5 cm³/mol. The summed E-state index contributed by atoms with van der Waals surface area (Å²) in [5.41, 5.74) is 0. The van der Waals surface area contributed by atoms with E-state index in [9.17, 15) is 43.7 Å².